The average Bonchev–Trinajstić information content (AvgIpc) is 2.32. The number of nitrogen functional groups attached to an aromatic ring is 1. The number of benzene rings is 1. The summed E-state index contributed by atoms with van der Waals surface area (Å²) < 4.78 is 0.918. The van der Waals surface area contributed by atoms with Crippen molar-refractivity contribution in [3.05, 3.63) is 39.6 Å². The normalized spacial score (nSPS) is 10.2. The van der Waals surface area contributed by atoms with Crippen molar-refractivity contribution >= 4 is 44.9 Å². The Hall–Kier alpha value is -1.37. The molecule has 0 aliphatic rings. The van der Waals surface area contributed by atoms with Crippen LogP contribution in [0.25, 0.3) is 0 Å². The van der Waals surface area contributed by atoms with Gasteiger partial charge in [-0.2, -0.15) is 0 Å². The van der Waals surface area contributed by atoms with Crippen LogP contribution in [-0.4, -0.2) is 9.97 Å². The standard InChI is InChI=1S/C11H11BrClN5/c1-6-15-10(5-11(16-6)18-14)17-9-3-2-7(12)4-8(9)13/h2-5H,14H2,1H3,(H2,15,16,17,18). The van der Waals surface area contributed by atoms with Gasteiger partial charge >= 0.3 is 0 Å². The molecule has 2 rings (SSSR count). The maximum absolute atomic E-state index is 6.12. The van der Waals surface area contributed by atoms with E-state index in [1.165, 1.54) is 0 Å². The van der Waals surface area contributed by atoms with Gasteiger partial charge in [0.25, 0.3) is 0 Å². The van der Waals surface area contributed by atoms with Gasteiger partial charge in [-0.25, -0.2) is 15.8 Å². The van der Waals surface area contributed by atoms with Gasteiger partial charge in [0.15, 0.2) is 0 Å². The molecule has 0 unspecified atom stereocenters. The number of hydrazine groups is 1. The van der Waals surface area contributed by atoms with Crippen LogP contribution in [0, 0.1) is 6.92 Å². The first-order valence-corrected chi connectivity index (χ1v) is 6.30. The van der Waals surface area contributed by atoms with Crippen LogP contribution in [0.5, 0.6) is 0 Å². The van der Waals surface area contributed by atoms with Gasteiger partial charge in [0.1, 0.15) is 17.5 Å². The first-order valence-electron chi connectivity index (χ1n) is 5.13. The molecule has 0 spiro atoms. The second-order valence-corrected chi connectivity index (χ2v) is 4.90. The number of nitrogens with one attached hydrogen (secondary N) is 2. The van der Waals surface area contributed by atoms with Crippen LogP contribution >= 0.6 is 27.5 Å². The Labute approximate surface area is 118 Å². The minimum Gasteiger partial charge on any atom is -0.339 e. The maximum atomic E-state index is 6.12. The number of rotatable bonds is 3. The molecule has 1 aromatic carbocycles. The predicted octanol–water partition coefficient (Wildman–Crippen LogP) is 3.23. The fourth-order valence-electron chi connectivity index (χ4n) is 1.43. The number of aryl methyl sites for hydroxylation is 1. The van der Waals surface area contributed by atoms with E-state index in [0.29, 0.717) is 22.5 Å². The van der Waals surface area contributed by atoms with E-state index in [9.17, 15) is 0 Å². The number of anilines is 3. The zero-order valence-corrected chi connectivity index (χ0v) is 11.9. The Morgan fingerprint density at radius 2 is 1.94 bits per heavy atom. The van der Waals surface area contributed by atoms with Gasteiger partial charge in [0.05, 0.1) is 10.7 Å². The van der Waals surface area contributed by atoms with Crippen LogP contribution in [-0.2, 0) is 0 Å². The number of halogens is 2. The average molecular weight is 329 g/mol. The van der Waals surface area contributed by atoms with Crippen molar-refractivity contribution in [2.24, 2.45) is 5.84 Å². The van der Waals surface area contributed by atoms with E-state index in [-0.39, 0.29) is 0 Å². The fourth-order valence-corrected chi connectivity index (χ4v) is 2.16. The Kier molecular flexibility index (Phi) is 4.00. The zero-order valence-electron chi connectivity index (χ0n) is 9.54. The maximum Gasteiger partial charge on any atom is 0.145 e. The zero-order chi connectivity index (χ0) is 13.1. The summed E-state index contributed by atoms with van der Waals surface area (Å²) in [6, 6.07) is 7.26. The molecule has 18 heavy (non-hydrogen) atoms. The Morgan fingerprint density at radius 3 is 2.61 bits per heavy atom. The van der Waals surface area contributed by atoms with Crippen molar-refractivity contribution in [1.29, 1.82) is 0 Å². The van der Waals surface area contributed by atoms with E-state index >= 15 is 0 Å². The van der Waals surface area contributed by atoms with Crippen LogP contribution in [0.4, 0.5) is 17.3 Å². The molecule has 94 valence electrons. The molecule has 0 saturated carbocycles. The highest BCUT2D eigenvalue weighted by Gasteiger charge is 2.04. The van der Waals surface area contributed by atoms with Crippen LogP contribution in [0.15, 0.2) is 28.7 Å². The summed E-state index contributed by atoms with van der Waals surface area (Å²) in [7, 11) is 0. The van der Waals surface area contributed by atoms with E-state index in [0.717, 1.165) is 10.2 Å². The molecule has 0 saturated heterocycles. The lowest BCUT2D eigenvalue weighted by atomic mass is 10.3. The highest BCUT2D eigenvalue weighted by Crippen LogP contribution is 2.28. The number of nitrogens with zero attached hydrogens (tertiary/aromatic N) is 2. The summed E-state index contributed by atoms with van der Waals surface area (Å²) >= 11 is 9.47. The Balaban J connectivity index is 2.30. The molecule has 4 N–H and O–H groups in total. The highest BCUT2D eigenvalue weighted by atomic mass is 79.9. The molecule has 0 amide bonds. The number of hydrogen-bond donors (Lipinski definition) is 3. The minimum atomic E-state index is 0.540. The molecule has 0 aliphatic carbocycles. The Bertz CT molecular complexity index is 575. The van der Waals surface area contributed by atoms with Crippen molar-refractivity contribution in [1.82, 2.24) is 9.97 Å². The quantitative estimate of drug-likeness (QED) is 0.596. The molecule has 0 aliphatic heterocycles. The van der Waals surface area contributed by atoms with Crippen molar-refractivity contribution < 1.29 is 0 Å². The molecule has 1 aromatic heterocycles. The minimum absolute atomic E-state index is 0.540. The highest BCUT2D eigenvalue weighted by molar-refractivity contribution is 9.10. The second kappa shape index (κ2) is 5.51. The van der Waals surface area contributed by atoms with Gasteiger partial charge in [-0.1, -0.05) is 27.5 Å². The predicted molar refractivity (Wildman–Crippen MR) is 77.0 cm³/mol. The summed E-state index contributed by atoms with van der Waals surface area (Å²) in [6.07, 6.45) is 0. The third kappa shape index (κ3) is 3.10. The monoisotopic (exact) mass is 327 g/mol. The summed E-state index contributed by atoms with van der Waals surface area (Å²) in [6.45, 7) is 1.79. The molecule has 7 heteroatoms. The number of nitrogens with two attached hydrogens (primary N) is 1. The van der Waals surface area contributed by atoms with Crippen LogP contribution in [0.2, 0.25) is 5.02 Å². The lowest BCUT2D eigenvalue weighted by molar-refractivity contribution is 1.05. The van der Waals surface area contributed by atoms with Crippen LogP contribution < -0.4 is 16.6 Å². The first-order chi connectivity index (χ1) is 8.58. The van der Waals surface area contributed by atoms with Gasteiger partial charge in [-0.3, -0.25) is 0 Å². The topological polar surface area (TPSA) is 75.9 Å². The second-order valence-electron chi connectivity index (χ2n) is 3.58. The molecule has 0 bridgehead atoms. The molecule has 0 radical (unpaired) electrons. The molecule has 2 aromatic rings. The van der Waals surface area contributed by atoms with Gasteiger partial charge in [0.2, 0.25) is 0 Å². The first kappa shape index (κ1) is 13.1. The molecular weight excluding hydrogens is 318 g/mol. The fraction of sp³-hybridized carbons (Fsp3) is 0.0909. The lowest BCUT2D eigenvalue weighted by Gasteiger charge is -2.09. The van der Waals surface area contributed by atoms with E-state index in [1.54, 1.807) is 19.1 Å². The smallest absolute Gasteiger partial charge is 0.145 e. The van der Waals surface area contributed by atoms with Crippen molar-refractivity contribution in [2.45, 2.75) is 6.92 Å². The van der Waals surface area contributed by atoms with E-state index in [1.807, 2.05) is 12.1 Å². The van der Waals surface area contributed by atoms with E-state index in [2.05, 4.69) is 36.6 Å². The lowest BCUT2D eigenvalue weighted by Crippen LogP contribution is -2.10. The van der Waals surface area contributed by atoms with E-state index in [4.69, 9.17) is 17.4 Å². The molecular formula is C11H11BrClN5. The van der Waals surface area contributed by atoms with Crippen molar-refractivity contribution in [2.75, 3.05) is 10.7 Å². The summed E-state index contributed by atoms with van der Waals surface area (Å²) in [4.78, 5) is 8.36. The van der Waals surface area contributed by atoms with Crippen LogP contribution in [0.3, 0.4) is 0 Å². The van der Waals surface area contributed by atoms with E-state index < -0.39 is 0 Å². The molecule has 0 fully saturated rings. The summed E-state index contributed by atoms with van der Waals surface area (Å²) in [5.41, 5.74) is 3.25. The third-order valence-corrected chi connectivity index (χ3v) is 2.99. The third-order valence-electron chi connectivity index (χ3n) is 2.18. The van der Waals surface area contributed by atoms with Crippen molar-refractivity contribution in [3.8, 4) is 0 Å². The van der Waals surface area contributed by atoms with Crippen molar-refractivity contribution in [3.63, 3.8) is 0 Å². The van der Waals surface area contributed by atoms with Gasteiger partial charge in [-0.05, 0) is 25.1 Å². The van der Waals surface area contributed by atoms with Gasteiger partial charge in [0, 0.05) is 10.5 Å². The number of hydrogen-bond acceptors (Lipinski definition) is 5. The van der Waals surface area contributed by atoms with Gasteiger partial charge < -0.3 is 10.7 Å². The summed E-state index contributed by atoms with van der Waals surface area (Å²) in [5.74, 6) is 7.11. The molecule has 5 nitrogen and oxygen atoms in total. The number of aromatic nitrogens is 2. The molecule has 0 atom stereocenters. The SMILES string of the molecule is Cc1nc(NN)cc(Nc2ccc(Br)cc2Cl)n1. The van der Waals surface area contributed by atoms with Crippen LogP contribution in [0.1, 0.15) is 5.82 Å². The summed E-state index contributed by atoms with van der Waals surface area (Å²) in [5, 5.41) is 3.72. The largest absolute Gasteiger partial charge is 0.339 e. The van der Waals surface area contributed by atoms with Gasteiger partial charge in [-0.15, -0.1) is 0 Å². The molecule has 1 heterocycles. The Morgan fingerprint density at radius 1 is 1.22 bits per heavy atom.